The molecule has 1 aliphatic rings. The maximum Gasteiger partial charge on any atom is 0.258 e. The summed E-state index contributed by atoms with van der Waals surface area (Å²) in [6.07, 6.45) is 2.70. The molecule has 0 radical (unpaired) electrons. The SMILES string of the molecule is N#CCCOc1nc2ccccc2nc1N1CCCC1. The molecule has 5 nitrogen and oxygen atoms in total. The van der Waals surface area contributed by atoms with E-state index in [1.54, 1.807) is 0 Å². The summed E-state index contributed by atoms with van der Waals surface area (Å²) in [5.74, 6) is 1.35. The van der Waals surface area contributed by atoms with Crippen molar-refractivity contribution in [2.45, 2.75) is 19.3 Å². The van der Waals surface area contributed by atoms with Gasteiger partial charge in [-0.1, -0.05) is 12.1 Å². The van der Waals surface area contributed by atoms with Gasteiger partial charge >= 0.3 is 0 Å². The number of ether oxygens (including phenoxy) is 1. The summed E-state index contributed by atoms with van der Waals surface area (Å²) in [5, 5.41) is 8.62. The summed E-state index contributed by atoms with van der Waals surface area (Å²) >= 11 is 0. The monoisotopic (exact) mass is 268 g/mol. The third kappa shape index (κ3) is 2.50. The van der Waals surface area contributed by atoms with E-state index in [9.17, 15) is 0 Å². The molecule has 1 fully saturated rings. The number of nitrogens with zero attached hydrogens (tertiary/aromatic N) is 4. The van der Waals surface area contributed by atoms with E-state index in [0.717, 1.165) is 29.9 Å². The molecule has 0 bridgehead atoms. The minimum Gasteiger partial charge on any atom is -0.474 e. The van der Waals surface area contributed by atoms with Crippen molar-refractivity contribution in [3.05, 3.63) is 24.3 Å². The number of benzene rings is 1. The molecule has 0 unspecified atom stereocenters. The number of anilines is 1. The molecule has 102 valence electrons. The molecule has 0 amide bonds. The minimum absolute atomic E-state index is 0.352. The second-order valence-corrected chi connectivity index (χ2v) is 4.79. The van der Waals surface area contributed by atoms with Crippen LogP contribution in [0.3, 0.4) is 0 Å². The molecular weight excluding hydrogens is 252 g/mol. The number of aromatic nitrogens is 2. The van der Waals surface area contributed by atoms with Crippen molar-refractivity contribution in [3.8, 4) is 11.9 Å². The van der Waals surface area contributed by atoms with Crippen LogP contribution >= 0.6 is 0 Å². The lowest BCUT2D eigenvalue weighted by Crippen LogP contribution is -2.21. The largest absolute Gasteiger partial charge is 0.474 e. The van der Waals surface area contributed by atoms with Crippen molar-refractivity contribution in [1.29, 1.82) is 5.26 Å². The zero-order valence-electron chi connectivity index (χ0n) is 11.2. The van der Waals surface area contributed by atoms with Gasteiger partial charge in [0.1, 0.15) is 6.61 Å². The molecule has 0 atom stereocenters. The van der Waals surface area contributed by atoms with Crippen LogP contribution in [0.1, 0.15) is 19.3 Å². The Hall–Kier alpha value is -2.35. The van der Waals surface area contributed by atoms with Crippen molar-refractivity contribution in [1.82, 2.24) is 9.97 Å². The van der Waals surface area contributed by atoms with Crippen LogP contribution in [0.25, 0.3) is 11.0 Å². The highest BCUT2D eigenvalue weighted by Gasteiger charge is 2.20. The fourth-order valence-corrected chi connectivity index (χ4v) is 2.40. The van der Waals surface area contributed by atoms with Gasteiger partial charge in [0.2, 0.25) is 0 Å². The summed E-state index contributed by atoms with van der Waals surface area (Å²) in [7, 11) is 0. The zero-order valence-corrected chi connectivity index (χ0v) is 11.2. The van der Waals surface area contributed by atoms with Crippen LogP contribution in [0.15, 0.2) is 24.3 Å². The molecule has 20 heavy (non-hydrogen) atoms. The Balaban J connectivity index is 1.99. The van der Waals surface area contributed by atoms with Crippen LogP contribution in [-0.4, -0.2) is 29.7 Å². The first-order valence-corrected chi connectivity index (χ1v) is 6.90. The van der Waals surface area contributed by atoms with E-state index in [4.69, 9.17) is 15.0 Å². The van der Waals surface area contributed by atoms with Crippen LogP contribution in [-0.2, 0) is 0 Å². The molecule has 0 spiro atoms. The maximum absolute atomic E-state index is 8.62. The molecule has 1 aromatic carbocycles. The Labute approximate surface area is 117 Å². The molecule has 2 heterocycles. The second-order valence-electron chi connectivity index (χ2n) is 4.79. The highest BCUT2D eigenvalue weighted by molar-refractivity contribution is 5.77. The Morgan fingerprint density at radius 3 is 2.55 bits per heavy atom. The number of hydrogen-bond donors (Lipinski definition) is 0. The third-order valence-electron chi connectivity index (χ3n) is 3.38. The lowest BCUT2D eigenvalue weighted by atomic mass is 10.3. The quantitative estimate of drug-likeness (QED) is 0.797. The number of rotatable bonds is 4. The first-order chi connectivity index (χ1) is 9.88. The molecule has 3 rings (SSSR count). The summed E-state index contributed by atoms with van der Waals surface area (Å²) < 4.78 is 5.66. The van der Waals surface area contributed by atoms with Crippen molar-refractivity contribution >= 4 is 16.9 Å². The van der Waals surface area contributed by atoms with E-state index in [-0.39, 0.29) is 0 Å². The van der Waals surface area contributed by atoms with Crippen molar-refractivity contribution in [2.75, 3.05) is 24.6 Å². The fourth-order valence-electron chi connectivity index (χ4n) is 2.40. The molecular formula is C15H16N4O. The van der Waals surface area contributed by atoms with E-state index in [1.807, 2.05) is 24.3 Å². The van der Waals surface area contributed by atoms with Crippen LogP contribution < -0.4 is 9.64 Å². The average Bonchev–Trinajstić information content (AvgIpc) is 3.01. The molecule has 5 heteroatoms. The number of para-hydroxylation sites is 2. The van der Waals surface area contributed by atoms with Crippen molar-refractivity contribution < 1.29 is 4.74 Å². The van der Waals surface area contributed by atoms with Gasteiger partial charge in [-0.2, -0.15) is 5.26 Å². The van der Waals surface area contributed by atoms with Gasteiger partial charge in [-0.05, 0) is 25.0 Å². The molecule has 0 aliphatic carbocycles. The first-order valence-electron chi connectivity index (χ1n) is 6.90. The zero-order chi connectivity index (χ0) is 13.8. The highest BCUT2D eigenvalue weighted by Crippen LogP contribution is 2.29. The summed E-state index contributed by atoms with van der Waals surface area (Å²) in [4.78, 5) is 11.5. The summed E-state index contributed by atoms with van der Waals surface area (Å²) in [5.41, 5.74) is 1.70. The van der Waals surface area contributed by atoms with Gasteiger partial charge < -0.3 is 9.64 Å². The third-order valence-corrected chi connectivity index (χ3v) is 3.38. The van der Waals surface area contributed by atoms with E-state index >= 15 is 0 Å². The Kier molecular flexibility index (Phi) is 3.64. The Morgan fingerprint density at radius 2 is 1.85 bits per heavy atom. The minimum atomic E-state index is 0.352. The van der Waals surface area contributed by atoms with Crippen LogP contribution in [0, 0.1) is 11.3 Å². The molecule has 0 saturated carbocycles. The lowest BCUT2D eigenvalue weighted by molar-refractivity contribution is 0.314. The molecule has 0 N–H and O–H groups in total. The van der Waals surface area contributed by atoms with Gasteiger partial charge in [-0.25, -0.2) is 9.97 Å². The van der Waals surface area contributed by atoms with Gasteiger partial charge in [-0.3, -0.25) is 0 Å². The van der Waals surface area contributed by atoms with E-state index in [2.05, 4.69) is 16.0 Å². The second kappa shape index (κ2) is 5.74. The topological polar surface area (TPSA) is 62.0 Å². The normalized spacial score (nSPS) is 14.4. The van der Waals surface area contributed by atoms with Gasteiger partial charge in [-0.15, -0.1) is 0 Å². The van der Waals surface area contributed by atoms with Crippen LogP contribution in [0.5, 0.6) is 5.88 Å². The molecule has 1 aliphatic heterocycles. The van der Waals surface area contributed by atoms with Gasteiger partial charge in [0.25, 0.3) is 5.88 Å². The standard InChI is InChI=1S/C15H16N4O/c16-8-5-11-20-15-14(19-9-3-4-10-19)17-12-6-1-2-7-13(12)18-15/h1-2,6-7H,3-5,9-11H2. The van der Waals surface area contributed by atoms with Gasteiger partial charge in [0.15, 0.2) is 5.82 Å². The number of nitriles is 1. The Morgan fingerprint density at radius 1 is 1.15 bits per heavy atom. The number of hydrogen-bond acceptors (Lipinski definition) is 5. The lowest BCUT2D eigenvalue weighted by Gasteiger charge is -2.19. The summed E-state index contributed by atoms with van der Waals surface area (Å²) in [6, 6.07) is 9.86. The van der Waals surface area contributed by atoms with Crippen molar-refractivity contribution in [3.63, 3.8) is 0 Å². The maximum atomic E-state index is 8.62. The van der Waals surface area contributed by atoms with Gasteiger partial charge in [0, 0.05) is 13.1 Å². The van der Waals surface area contributed by atoms with E-state index < -0.39 is 0 Å². The van der Waals surface area contributed by atoms with E-state index in [0.29, 0.717) is 18.9 Å². The molecule has 2 aromatic rings. The smallest absolute Gasteiger partial charge is 0.258 e. The number of fused-ring (bicyclic) bond motifs is 1. The Bertz CT molecular complexity index is 644. The van der Waals surface area contributed by atoms with Gasteiger partial charge in [0.05, 0.1) is 23.5 Å². The summed E-state index contributed by atoms with van der Waals surface area (Å²) in [6.45, 7) is 2.33. The highest BCUT2D eigenvalue weighted by atomic mass is 16.5. The van der Waals surface area contributed by atoms with Crippen LogP contribution in [0.4, 0.5) is 5.82 Å². The fraction of sp³-hybridized carbons (Fsp3) is 0.400. The predicted molar refractivity (Wildman–Crippen MR) is 76.7 cm³/mol. The van der Waals surface area contributed by atoms with Crippen molar-refractivity contribution in [2.24, 2.45) is 0 Å². The van der Waals surface area contributed by atoms with Crippen LogP contribution in [0.2, 0.25) is 0 Å². The average molecular weight is 268 g/mol. The molecule has 1 aromatic heterocycles. The molecule has 1 saturated heterocycles. The predicted octanol–water partition coefficient (Wildman–Crippen LogP) is 2.52. The first kappa shape index (κ1) is 12.7. The van der Waals surface area contributed by atoms with E-state index in [1.165, 1.54) is 12.8 Å².